The summed E-state index contributed by atoms with van der Waals surface area (Å²) in [7, 11) is 0. The average Bonchev–Trinajstić information content (AvgIpc) is 3.66. The molecule has 100 heavy (non-hydrogen) atoms. The second-order valence-corrected chi connectivity index (χ2v) is 34.7. The number of unbranched alkanes of at least 4 members (excludes halogenated alkanes) is 96. The number of hydrogen-bond acceptors (Lipinski definition) is 0. The molecule has 0 aromatic carbocycles. The third kappa shape index (κ3) is 97.7. The van der Waals surface area contributed by atoms with Gasteiger partial charge < -0.3 is 0 Å². The Morgan fingerprint density at radius 2 is 0.160 bits per heavy atom. The number of allylic oxidation sites excluding steroid dienone is 1. The summed E-state index contributed by atoms with van der Waals surface area (Å²) in [5, 5.41) is 0. The molecule has 0 amide bonds. The van der Waals surface area contributed by atoms with Gasteiger partial charge in [0.1, 0.15) is 0 Å². The van der Waals surface area contributed by atoms with Crippen molar-refractivity contribution in [2.75, 3.05) is 0 Å². The summed E-state index contributed by atoms with van der Waals surface area (Å²) in [5.74, 6) is 0. The van der Waals surface area contributed by atoms with Crippen molar-refractivity contribution in [2.24, 2.45) is 0 Å². The Labute approximate surface area is 638 Å². The maximum absolute atomic E-state index is 3.83. The van der Waals surface area contributed by atoms with E-state index in [4.69, 9.17) is 0 Å². The molecule has 0 unspecified atom stereocenters. The Bertz CT molecular complexity index is 1330. The van der Waals surface area contributed by atoms with Gasteiger partial charge in [0.15, 0.2) is 0 Å². The molecule has 0 saturated carbocycles. The Balaban J connectivity index is 3.09. The topological polar surface area (TPSA) is 0 Å². The van der Waals surface area contributed by atoms with E-state index < -0.39 is 0 Å². The molecule has 0 atom stereocenters. The van der Waals surface area contributed by atoms with Crippen LogP contribution < -0.4 is 0 Å². The Morgan fingerprint density at radius 3 is 0.220 bits per heavy atom. The van der Waals surface area contributed by atoms with Crippen molar-refractivity contribution in [3.8, 4) is 0 Å². The van der Waals surface area contributed by atoms with Crippen LogP contribution in [0, 0.1) is 0 Å². The van der Waals surface area contributed by atoms with Gasteiger partial charge in [-0.15, -0.1) is 6.58 Å². The third-order valence-electron chi connectivity index (χ3n) is 24.3. The van der Waals surface area contributed by atoms with Crippen LogP contribution in [0.3, 0.4) is 0 Å². The highest BCUT2D eigenvalue weighted by Gasteiger charge is 2.04. The van der Waals surface area contributed by atoms with Gasteiger partial charge in [-0.25, -0.2) is 0 Å². The monoisotopic (exact) mass is 1400 g/mol. The van der Waals surface area contributed by atoms with Crippen molar-refractivity contribution in [1.29, 1.82) is 0 Å². The highest BCUT2D eigenvalue weighted by Crippen LogP contribution is 2.24. The summed E-state index contributed by atoms with van der Waals surface area (Å²) in [6.07, 6.45) is 146. The highest BCUT2D eigenvalue weighted by atomic mass is 14.1. The van der Waals surface area contributed by atoms with E-state index in [0.717, 1.165) is 0 Å². The summed E-state index contributed by atoms with van der Waals surface area (Å²) < 4.78 is 0. The third-order valence-corrected chi connectivity index (χ3v) is 24.3. The highest BCUT2D eigenvalue weighted by molar-refractivity contribution is 4.66. The van der Waals surface area contributed by atoms with Gasteiger partial charge in [-0.2, -0.15) is 0 Å². The van der Waals surface area contributed by atoms with Crippen LogP contribution in [-0.2, 0) is 0 Å². The maximum atomic E-state index is 3.83. The molecular weight excluding hydrogens is 1200 g/mol. The van der Waals surface area contributed by atoms with Crippen molar-refractivity contribution in [3.05, 3.63) is 12.7 Å². The second kappa shape index (κ2) is 98.7. The summed E-state index contributed by atoms with van der Waals surface area (Å²) in [4.78, 5) is 0. The van der Waals surface area contributed by atoms with Crippen molar-refractivity contribution in [3.63, 3.8) is 0 Å². The van der Waals surface area contributed by atoms with Gasteiger partial charge in [0, 0.05) is 0 Å². The van der Waals surface area contributed by atoms with E-state index in [1.165, 1.54) is 623 Å². The van der Waals surface area contributed by atoms with Crippen molar-refractivity contribution < 1.29 is 0 Å². The molecule has 0 radical (unpaired) electrons. The number of hydrogen-bond donors (Lipinski definition) is 0. The van der Waals surface area contributed by atoms with Gasteiger partial charge in [0.05, 0.1) is 0 Å². The molecule has 0 saturated heterocycles. The lowest BCUT2D eigenvalue weighted by molar-refractivity contribution is 0.505. The summed E-state index contributed by atoms with van der Waals surface area (Å²) >= 11 is 0. The van der Waals surface area contributed by atoms with Crippen molar-refractivity contribution >= 4 is 0 Å². The second-order valence-electron chi connectivity index (χ2n) is 34.7. The minimum Gasteiger partial charge on any atom is -0.103 e. The average molecular weight is 1400 g/mol. The van der Waals surface area contributed by atoms with Gasteiger partial charge in [-0.1, -0.05) is 623 Å². The minimum absolute atomic E-state index is 1.21. The molecule has 0 spiro atoms. The van der Waals surface area contributed by atoms with Crippen LogP contribution in [0.25, 0.3) is 0 Å². The van der Waals surface area contributed by atoms with Gasteiger partial charge in [0.25, 0.3) is 0 Å². The summed E-state index contributed by atoms with van der Waals surface area (Å²) in [6.45, 7) is 6.14. The van der Waals surface area contributed by atoms with Gasteiger partial charge in [-0.05, 0) is 12.8 Å². The zero-order chi connectivity index (χ0) is 71.3. The van der Waals surface area contributed by atoms with Crippen LogP contribution >= 0.6 is 0 Å². The fourth-order valence-electron chi connectivity index (χ4n) is 17.0. The van der Waals surface area contributed by atoms with E-state index in [0.29, 0.717) is 0 Å². The molecule has 0 heterocycles. The quantitative estimate of drug-likeness (QED) is 0.0421. The largest absolute Gasteiger partial charge is 0.103 e. The van der Waals surface area contributed by atoms with E-state index in [9.17, 15) is 0 Å². The van der Waals surface area contributed by atoms with Crippen molar-refractivity contribution in [2.45, 2.75) is 630 Å². The van der Waals surface area contributed by atoms with Gasteiger partial charge in [0.2, 0.25) is 0 Å². The molecule has 0 bridgehead atoms. The van der Waals surface area contributed by atoms with Crippen molar-refractivity contribution in [1.82, 2.24) is 0 Å². The first-order valence-electron chi connectivity index (χ1n) is 49.5. The Hall–Kier alpha value is -0.260. The lowest BCUT2D eigenvalue weighted by Crippen LogP contribution is -1.85. The maximum Gasteiger partial charge on any atom is -0.0353 e. The smallest absolute Gasteiger partial charge is 0.0353 e. The molecule has 0 aromatic rings. The van der Waals surface area contributed by atoms with E-state index in [1.807, 2.05) is 0 Å². The van der Waals surface area contributed by atoms with Crippen LogP contribution in [0.5, 0.6) is 0 Å². The molecule has 0 aliphatic rings. The molecule has 0 rings (SSSR count). The summed E-state index contributed by atoms with van der Waals surface area (Å²) in [5.41, 5.74) is 0. The first-order valence-corrected chi connectivity index (χ1v) is 49.5. The van der Waals surface area contributed by atoms with E-state index in [1.54, 1.807) is 0 Å². The first kappa shape index (κ1) is 99.7. The predicted molar refractivity (Wildman–Crippen MR) is 464 cm³/mol. The lowest BCUT2D eigenvalue weighted by atomic mass is 10.0. The van der Waals surface area contributed by atoms with Crippen LogP contribution in [0.1, 0.15) is 630 Å². The first-order chi connectivity index (χ1) is 49.9. The molecular formula is C100H200. The molecule has 600 valence electrons. The van der Waals surface area contributed by atoms with E-state index in [-0.39, 0.29) is 0 Å². The SMILES string of the molecule is C=CCCCCCCCCCCCCCCCCCCCCCCCCCCCCCCCCCCCCCCCCCCCCCCCCCCCCCCCCCCCCCCCCCCCCCCCCCCCCCCCCCCCCCCCCCCCCCCCCCC. The molecule has 0 nitrogen and oxygen atoms in total. The lowest BCUT2D eigenvalue weighted by Gasteiger charge is -2.05. The molecule has 0 heteroatoms. The molecule has 0 N–H and O–H groups in total. The number of rotatable bonds is 97. The molecule has 0 fully saturated rings. The van der Waals surface area contributed by atoms with E-state index in [2.05, 4.69) is 19.6 Å². The molecule has 0 aliphatic heterocycles. The molecule has 0 aliphatic carbocycles. The zero-order valence-corrected chi connectivity index (χ0v) is 70.9. The zero-order valence-electron chi connectivity index (χ0n) is 70.9. The van der Waals surface area contributed by atoms with E-state index >= 15 is 0 Å². The van der Waals surface area contributed by atoms with Crippen LogP contribution in [0.2, 0.25) is 0 Å². The Morgan fingerprint density at radius 1 is 0.100 bits per heavy atom. The van der Waals surface area contributed by atoms with Crippen LogP contribution in [-0.4, -0.2) is 0 Å². The van der Waals surface area contributed by atoms with Gasteiger partial charge >= 0.3 is 0 Å². The minimum atomic E-state index is 1.21. The Kier molecular flexibility index (Phi) is 98.5. The fourth-order valence-corrected chi connectivity index (χ4v) is 17.0. The molecule has 0 aromatic heterocycles. The standard InChI is InChI=1S/C100H200/c1-3-5-7-9-11-13-15-17-19-21-23-25-27-29-31-33-35-37-39-41-43-45-47-49-51-53-55-57-59-61-63-65-67-69-71-73-75-77-79-81-83-85-87-89-91-93-95-97-99-100-98-96-94-92-90-88-86-84-82-80-78-76-74-72-70-68-66-64-62-60-58-56-54-52-50-48-46-44-42-40-38-36-34-32-30-28-26-24-22-20-18-16-14-12-10-8-6-4-2/h3H,1,4-100H2,2H3. The normalized spacial score (nSPS) is 11.8. The van der Waals surface area contributed by atoms with Gasteiger partial charge in [-0.3, -0.25) is 0 Å². The van der Waals surface area contributed by atoms with Crippen LogP contribution in [0.15, 0.2) is 12.7 Å². The summed E-state index contributed by atoms with van der Waals surface area (Å²) in [6, 6.07) is 0. The predicted octanol–water partition coefficient (Wildman–Crippen LogP) is 39.0. The van der Waals surface area contributed by atoms with Crippen LogP contribution in [0.4, 0.5) is 0 Å². The fraction of sp³-hybridized carbons (Fsp3) is 0.980.